The number of aliphatic hydroxyl groups excluding tert-OH is 1. The Balaban J connectivity index is 1.50. The van der Waals surface area contributed by atoms with Crippen LogP contribution in [0.25, 0.3) is 11.3 Å². The van der Waals surface area contributed by atoms with Gasteiger partial charge in [-0.05, 0) is 37.2 Å². The molecule has 4 fully saturated rings. The number of aromatic nitrogens is 3. The average molecular weight is 466 g/mol. The van der Waals surface area contributed by atoms with Crippen LogP contribution >= 0.6 is 0 Å². The van der Waals surface area contributed by atoms with Gasteiger partial charge in [-0.1, -0.05) is 13.8 Å². The Morgan fingerprint density at radius 2 is 1.91 bits per heavy atom. The molecule has 2 aromatic rings. The molecule has 0 amide bonds. The Morgan fingerprint density at radius 1 is 1.21 bits per heavy atom. The monoisotopic (exact) mass is 465 g/mol. The Morgan fingerprint density at radius 3 is 2.55 bits per heavy atom. The van der Waals surface area contributed by atoms with Gasteiger partial charge in [0.1, 0.15) is 17.7 Å². The zero-order chi connectivity index (χ0) is 23.5. The van der Waals surface area contributed by atoms with E-state index in [2.05, 4.69) is 14.9 Å². The summed E-state index contributed by atoms with van der Waals surface area (Å²) in [6.45, 7) is 7.14. The molecule has 0 aromatic carbocycles. The molecule has 2 aromatic heterocycles. The first kappa shape index (κ1) is 22.6. The quantitative estimate of drug-likeness (QED) is 0.701. The number of anilines is 1. The van der Waals surface area contributed by atoms with Gasteiger partial charge in [-0.2, -0.15) is 13.2 Å². The highest BCUT2D eigenvalue weighted by molar-refractivity contribution is 5.62. The molecule has 2 atom stereocenters. The standard InChI is InChI=1S/C23H30F3N5O2/c1-13(2)19(32)21-29-17(14-7-16(23(24,25)26)20(27)28-11-14)12-31(21)18-10-22(8-15(18)9-22)30-3-5-33-6-4-30/h7,11-13,15,18-19,32H,3-6,8-10H2,1-2H3,(H2,27,28). The molecule has 3 N–H and O–H groups in total. The molecule has 1 aliphatic heterocycles. The van der Waals surface area contributed by atoms with Crippen molar-refractivity contribution < 1.29 is 23.0 Å². The van der Waals surface area contributed by atoms with Crippen LogP contribution in [0.3, 0.4) is 0 Å². The predicted molar refractivity (Wildman–Crippen MR) is 116 cm³/mol. The van der Waals surface area contributed by atoms with Gasteiger partial charge in [0.25, 0.3) is 0 Å². The first-order valence-corrected chi connectivity index (χ1v) is 11.5. The van der Waals surface area contributed by atoms with Crippen LogP contribution in [0.2, 0.25) is 0 Å². The van der Waals surface area contributed by atoms with Gasteiger partial charge in [-0.15, -0.1) is 0 Å². The van der Waals surface area contributed by atoms with Crippen LogP contribution in [0.15, 0.2) is 18.5 Å². The number of alkyl halides is 3. The molecule has 6 rings (SSSR count). The van der Waals surface area contributed by atoms with Gasteiger partial charge in [0.05, 0.1) is 24.5 Å². The van der Waals surface area contributed by atoms with Gasteiger partial charge >= 0.3 is 6.18 Å². The summed E-state index contributed by atoms with van der Waals surface area (Å²) in [5.41, 5.74) is 5.25. The van der Waals surface area contributed by atoms with E-state index in [1.54, 1.807) is 6.20 Å². The van der Waals surface area contributed by atoms with Crippen LogP contribution in [0.5, 0.6) is 0 Å². The lowest BCUT2D eigenvalue weighted by Crippen LogP contribution is -2.56. The van der Waals surface area contributed by atoms with Crippen molar-refractivity contribution in [3.05, 3.63) is 29.8 Å². The molecular weight excluding hydrogens is 435 g/mol. The highest BCUT2D eigenvalue weighted by Gasteiger charge is 2.59. The minimum Gasteiger partial charge on any atom is -0.385 e. The minimum atomic E-state index is -4.60. The van der Waals surface area contributed by atoms with Gasteiger partial charge in [0, 0.05) is 42.6 Å². The number of hydrogen-bond acceptors (Lipinski definition) is 6. The highest BCUT2D eigenvalue weighted by Crippen LogP contribution is 2.61. The van der Waals surface area contributed by atoms with Gasteiger partial charge in [-0.25, -0.2) is 9.97 Å². The van der Waals surface area contributed by atoms with Gasteiger partial charge in [0.15, 0.2) is 0 Å². The number of aliphatic hydroxyl groups is 1. The molecule has 4 aliphatic rings. The van der Waals surface area contributed by atoms with Gasteiger partial charge in [-0.3, -0.25) is 4.90 Å². The Bertz CT molecular complexity index is 1030. The molecule has 7 nitrogen and oxygen atoms in total. The maximum Gasteiger partial charge on any atom is 0.419 e. The fourth-order valence-corrected chi connectivity index (χ4v) is 5.83. The lowest BCUT2D eigenvalue weighted by atomic mass is 9.75. The van der Waals surface area contributed by atoms with Crippen molar-refractivity contribution in [1.82, 2.24) is 19.4 Å². The largest absolute Gasteiger partial charge is 0.419 e. The molecule has 33 heavy (non-hydrogen) atoms. The van der Waals surface area contributed by atoms with E-state index < -0.39 is 23.7 Å². The molecule has 0 radical (unpaired) electrons. The third kappa shape index (κ3) is 3.81. The summed E-state index contributed by atoms with van der Waals surface area (Å²) in [6.07, 6.45) is 0.791. The Kier molecular flexibility index (Phi) is 5.45. The molecule has 3 heterocycles. The van der Waals surface area contributed by atoms with Crippen molar-refractivity contribution in [2.24, 2.45) is 11.8 Å². The summed E-state index contributed by atoms with van der Waals surface area (Å²) in [5.74, 6) is 0.319. The highest BCUT2D eigenvalue weighted by atomic mass is 19.4. The maximum atomic E-state index is 13.4. The number of nitrogens with two attached hydrogens (primary N) is 1. The molecule has 1 saturated heterocycles. The molecule has 180 valence electrons. The third-order valence-corrected chi connectivity index (χ3v) is 7.63. The fourth-order valence-electron chi connectivity index (χ4n) is 5.83. The number of imidazole rings is 1. The minimum absolute atomic E-state index is 0.0844. The van der Waals surface area contributed by atoms with E-state index in [0.717, 1.165) is 51.6 Å². The van der Waals surface area contributed by atoms with E-state index in [0.29, 0.717) is 17.4 Å². The van der Waals surface area contributed by atoms with Crippen molar-refractivity contribution in [2.45, 2.75) is 57.0 Å². The van der Waals surface area contributed by atoms with Crippen molar-refractivity contribution in [1.29, 1.82) is 0 Å². The number of fused-ring (bicyclic) bond motifs is 1. The topological polar surface area (TPSA) is 89.4 Å². The van der Waals surface area contributed by atoms with Crippen LogP contribution in [0, 0.1) is 11.8 Å². The van der Waals surface area contributed by atoms with E-state index in [1.807, 2.05) is 18.4 Å². The second kappa shape index (κ2) is 7.95. The second-order valence-electron chi connectivity index (χ2n) is 10.00. The maximum absolute atomic E-state index is 13.4. The van der Waals surface area contributed by atoms with Crippen LogP contribution in [-0.4, -0.2) is 56.4 Å². The first-order valence-electron chi connectivity index (χ1n) is 11.5. The zero-order valence-electron chi connectivity index (χ0n) is 18.8. The van der Waals surface area contributed by atoms with Crippen molar-refractivity contribution >= 4 is 5.82 Å². The Hall–Kier alpha value is -2.17. The summed E-state index contributed by atoms with van der Waals surface area (Å²) in [6, 6.07) is 1.14. The second-order valence-corrected chi connectivity index (χ2v) is 10.00. The lowest BCUT2D eigenvalue weighted by molar-refractivity contribution is -0.137. The normalized spacial score (nSPS) is 28.8. The van der Waals surface area contributed by atoms with E-state index in [4.69, 9.17) is 10.5 Å². The molecule has 0 spiro atoms. The van der Waals surface area contributed by atoms with Crippen LogP contribution in [-0.2, 0) is 10.9 Å². The summed E-state index contributed by atoms with van der Waals surface area (Å²) >= 11 is 0. The van der Waals surface area contributed by atoms with E-state index in [-0.39, 0.29) is 23.1 Å². The predicted octanol–water partition coefficient (Wildman–Crippen LogP) is 3.66. The summed E-state index contributed by atoms with van der Waals surface area (Å²) in [4.78, 5) is 10.9. The van der Waals surface area contributed by atoms with E-state index in [1.165, 1.54) is 6.20 Å². The molecule has 3 saturated carbocycles. The Labute approximate surface area is 190 Å². The van der Waals surface area contributed by atoms with Crippen LogP contribution in [0.1, 0.15) is 56.6 Å². The van der Waals surface area contributed by atoms with Gasteiger partial charge in [0.2, 0.25) is 0 Å². The number of ether oxygens (including phenoxy) is 1. The fraction of sp³-hybridized carbons (Fsp3) is 0.652. The number of pyridine rings is 1. The van der Waals surface area contributed by atoms with E-state index >= 15 is 0 Å². The molecule has 2 unspecified atom stereocenters. The van der Waals surface area contributed by atoms with Crippen molar-refractivity contribution in [2.75, 3.05) is 32.0 Å². The molecule has 3 aliphatic carbocycles. The number of nitrogen functional groups attached to an aromatic ring is 1. The summed E-state index contributed by atoms with van der Waals surface area (Å²) in [7, 11) is 0. The lowest BCUT2D eigenvalue weighted by Gasteiger charge is -2.49. The smallest absolute Gasteiger partial charge is 0.385 e. The van der Waals surface area contributed by atoms with Crippen molar-refractivity contribution in [3.63, 3.8) is 0 Å². The number of morpholine rings is 1. The van der Waals surface area contributed by atoms with E-state index in [9.17, 15) is 18.3 Å². The van der Waals surface area contributed by atoms with Gasteiger partial charge < -0.3 is 20.1 Å². The number of halogens is 3. The van der Waals surface area contributed by atoms with Crippen LogP contribution < -0.4 is 5.73 Å². The van der Waals surface area contributed by atoms with Crippen molar-refractivity contribution in [3.8, 4) is 11.3 Å². The zero-order valence-corrected chi connectivity index (χ0v) is 18.8. The summed E-state index contributed by atoms with van der Waals surface area (Å²) < 4.78 is 47.7. The summed E-state index contributed by atoms with van der Waals surface area (Å²) in [5, 5.41) is 10.9. The van der Waals surface area contributed by atoms with Crippen LogP contribution in [0.4, 0.5) is 19.0 Å². The molecular formula is C23H30F3N5O2. The number of hydrogen-bond donors (Lipinski definition) is 2. The molecule has 10 heteroatoms. The third-order valence-electron chi connectivity index (χ3n) is 7.63. The average Bonchev–Trinajstić information content (AvgIpc) is 3.44. The number of rotatable bonds is 5. The first-order chi connectivity index (χ1) is 15.6. The SMILES string of the molecule is CC(C)C(O)c1nc(-c2cnc(N)c(C(F)(F)F)c2)cn1C1CC2(N3CCOCC3)CC1C2. The number of nitrogens with zero attached hydrogens (tertiary/aromatic N) is 4. The molecule has 2 bridgehead atoms.